The molecule has 0 saturated carbocycles. The molecule has 0 radical (unpaired) electrons. The summed E-state index contributed by atoms with van der Waals surface area (Å²) < 4.78 is 4.98. The van der Waals surface area contributed by atoms with E-state index < -0.39 is 5.92 Å². The number of benzene rings is 1. The van der Waals surface area contributed by atoms with E-state index in [0.717, 1.165) is 32.4 Å². The summed E-state index contributed by atoms with van der Waals surface area (Å²) in [6.45, 7) is 4.08. The van der Waals surface area contributed by atoms with Crippen LogP contribution in [0, 0.1) is 17.8 Å². The van der Waals surface area contributed by atoms with Gasteiger partial charge in [-0.15, -0.1) is 0 Å². The van der Waals surface area contributed by atoms with Gasteiger partial charge in [0.1, 0.15) is 0 Å². The van der Waals surface area contributed by atoms with E-state index in [-0.39, 0.29) is 24.5 Å². The summed E-state index contributed by atoms with van der Waals surface area (Å²) in [5.41, 5.74) is 3.92. The van der Waals surface area contributed by atoms with E-state index in [9.17, 15) is 9.90 Å². The smallest absolute Gasteiger partial charge is 0.311 e. The van der Waals surface area contributed by atoms with E-state index in [2.05, 4.69) is 41.1 Å². The summed E-state index contributed by atoms with van der Waals surface area (Å²) in [5, 5.41) is 11.2. The molecule has 5 nitrogen and oxygen atoms in total. The molecule has 0 bridgehead atoms. The number of nitrogens with zero attached hydrogens (tertiary/aromatic N) is 1. The highest BCUT2D eigenvalue weighted by molar-refractivity contribution is 5.85. The molecule has 2 N–H and O–H groups in total. The number of hydrogen-bond donors (Lipinski definition) is 2. The number of piperidine rings is 1. The number of hydrogen-bond acceptors (Lipinski definition) is 4. The number of carbonyl (C=O) groups is 1. The second-order valence-corrected chi connectivity index (χ2v) is 7.70. The number of aromatic nitrogens is 1. The molecule has 2 aliphatic heterocycles. The molecule has 0 spiro atoms. The molecule has 1 fully saturated rings. The fraction of sp³-hybridized carbons (Fsp3) is 0.571. The number of methoxy groups -OCH3 is 1. The number of carbonyl (C=O) groups excluding carboxylic acids is 1. The van der Waals surface area contributed by atoms with Crippen LogP contribution in [0.15, 0.2) is 24.3 Å². The van der Waals surface area contributed by atoms with Crippen LogP contribution in [0.3, 0.4) is 0 Å². The Balaban J connectivity index is 1.70. The van der Waals surface area contributed by atoms with Gasteiger partial charge >= 0.3 is 5.97 Å². The number of para-hydroxylation sites is 1. The average Bonchev–Trinajstić information content (AvgIpc) is 3.07. The Kier molecular flexibility index (Phi) is 4.76. The molecular weight excluding hydrogens is 328 g/mol. The van der Waals surface area contributed by atoms with Crippen molar-refractivity contribution in [1.29, 1.82) is 0 Å². The third-order valence-electron chi connectivity index (χ3n) is 6.58. The monoisotopic (exact) mass is 356 g/mol. The maximum absolute atomic E-state index is 12.2. The summed E-state index contributed by atoms with van der Waals surface area (Å²) in [6.07, 6.45) is 2.97. The number of fused-ring (bicyclic) bond motifs is 5. The van der Waals surface area contributed by atoms with Crippen molar-refractivity contribution in [1.82, 2.24) is 9.88 Å². The summed E-state index contributed by atoms with van der Waals surface area (Å²) in [7, 11) is 1.41. The van der Waals surface area contributed by atoms with Gasteiger partial charge in [0, 0.05) is 29.7 Å². The number of aliphatic hydroxyl groups excluding tert-OH is 1. The molecule has 4 rings (SSSR count). The van der Waals surface area contributed by atoms with Gasteiger partial charge in [-0.2, -0.15) is 0 Å². The Hall–Kier alpha value is -1.85. The van der Waals surface area contributed by atoms with Crippen LogP contribution in [-0.2, 0) is 16.0 Å². The number of esters is 1. The van der Waals surface area contributed by atoms with Crippen LogP contribution in [0.1, 0.15) is 37.1 Å². The zero-order valence-corrected chi connectivity index (χ0v) is 15.6. The normalized spacial score (nSPS) is 27.0. The molecule has 1 aromatic heterocycles. The van der Waals surface area contributed by atoms with Gasteiger partial charge in [0.05, 0.1) is 25.7 Å². The summed E-state index contributed by atoms with van der Waals surface area (Å²) in [4.78, 5) is 18.5. The van der Waals surface area contributed by atoms with Gasteiger partial charge in [0.25, 0.3) is 0 Å². The second-order valence-electron chi connectivity index (χ2n) is 7.70. The minimum atomic E-state index is -0.429. The average molecular weight is 356 g/mol. The van der Waals surface area contributed by atoms with Gasteiger partial charge in [-0.05, 0) is 36.3 Å². The second kappa shape index (κ2) is 7.05. The molecule has 26 heavy (non-hydrogen) atoms. The molecule has 140 valence electrons. The van der Waals surface area contributed by atoms with E-state index in [4.69, 9.17) is 4.74 Å². The zero-order valence-electron chi connectivity index (χ0n) is 15.6. The molecule has 1 aromatic carbocycles. The number of ether oxygens (including phenoxy) is 1. The lowest BCUT2D eigenvalue weighted by Crippen LogP contribution is -2.49. The van der Waals surface area contributed by atoms with E-state index in [0.29, 0.717) is 5.92 Å². The highest BCUT2D eigenvalue weighted by Crippen LogP contribution is 2.45. The van der Waals surface area contributed by atoms with Crippen molar-refractivity contribution in [2.75, 3.05) is 26.8 Å². The predicted molar refractivity (Wildman–Crippen MR) is 101 cm³/mol. The van der Waals surface area contributed by atoms with Crippen molar-refractivity contribution in [3.8, 4) is 0 Å². The predicted octanol–water partition coefficient (Wildman–Crippen LogP) is 2.89. The highest BCUT2D eigenvalue weighted by atomic mass is 16.5. The van der Waals surface area contributed by atoms with Gasteiger partial charge in [0.15, 0.2) is 0 Å². The van der Waals surface area contributed by atoms with E-state index in [1.807, 2.05) is 0 Å². The van der Waals surface area contributed by atoms with Crippen LogP contribution >= 0.6 is 0 Å². The van der Waals surface area contributed by atoms with Crippen molar-refractivity contribution in [3.63, 3.8) is 0 Å². The van der Waals surface area contributed by atoms with Crippen molar-refractivity contribution in [3.05, 3.63) is 35.5 Å². The minimum absolute atomic E-state index is 0.139. The summed E-state index contributed by atoms with van der Waals surface area (Å²) in [6, 6.07) is 8.78. The molecular formula is C21H28N2O3. The van der Waals surface area contributed by atoms with Crippen LogP contribution in [0.25, 0.3) is 10.9 Å². The minimum Gasteiger partial charge on any atom is -0.469 e. The Morgan fingerprint density at radius 3 is 2.96 bits per heavy atom. The molecule has 1 saturated heterocycles. The molecule has 4 atom stereocenters. The van der Waals surface area contributed by atoms with Gasteiger partial charge in [-0.25, -0.2) is 0 Å². The molecule has 0 amide bonds. The third-order valence-corrected chi connectivity index (χ3v) is 6.58. The number of H-pyrrole nitrogens is 1. The Bertz CT molecular complexity index is 800. The Morgan fingerprint density at radius 2 is 2.23 bits per heavy atom. The topological polar surface area (TPSA) is 65.6 Å². The van der Waals surface area contributed by atoms with Crippen LogP contribution in [0.2, 0.25) is 0 Å². The lowest BCUT2D eigenvalue weighted by atomic mass is 9.71. The Morgan fingerprint density at radius 1 is 1.42 bits per heavy atom. The van der Waals surface area contributed by atoms with Gasteiger partial charge in [-0.3, -0.25) is 9.69 Å². The van der Waals surface area contributed by atoms with E-state index >= 15 is 0 Å². The molecule has 0 unspecified atom stereocenters. The first-order valence-electron chi connectivity index (χ1n) is 9.70. The quantitative estimate of drug-likeness (QED) is 0.827. The fourth-order valence-electron chi connectivity index (χ4n) is 5.20. The maximum Gasteiger partial charge on any atom is 0.311 e. The Labute approximate surface area is 154 Å². The summed E-state index contributed by atoms with van der Waals surface area (Å²) >= 11 is 0. The first-order valence-corrected chi connectivity index (χ1v) is 9.70. The SMILES string of the molecule is CC[C@H]1CN2CCc3c([nH]c4ccccc34)[C@H]2C[C@@H]1[C@H](CO)C(=O)OC. The first kappa shape index (κ1) is 17.6. The number of aliphatic hydroxyl groups is 1. The lowest BCUT2D eigenvalue weighted by molar-refractivity contribution is -0.152. The van der Waals surface area contributed by atoms with Crippen LogP contribution < -0.4 is 0 Å². The van der Waals surface area contributed by atoms with Crippen LogP contribution in [-0.4, -0.2) is 47.8 Å². The standard InChI is InChI=1S/C21H28N2O3/c1-3-13-11-23-9-8-15-14-6-4-5-7-18(14)22-20(15)19(23)10-16(13)17(12-24)21(25)26-2/h4-7,13,16-17,19,22,24H,3,8-12H2,1-2H3/t13-,16-,17-,19+/m0/s1. The molecule has 2 aromatic rings. The van der Waals surface area contributed by atoms with Gasteiger partial charge in [-0.1, -0.05) is 31.5 Å². The highest BCUT2D eigenvalue weighted by Gasteiger charge is 2.44. The molecule has 0 aliphatic carbocycles. The first-order chi connectivity index (χ1) is 12.7. The van der Waals surface area contributed by atoms with Crippen molar-refractivity contribution in [2.24, 2.45) is 17.8 Å². The zero-order chi connectivity index (χ0) is 18.3. The van der Waals surface area contributed by atoms with Crippen LogP contribution in [0.4, 0.5) is 0 Å². The van der Waals surface area contributed by atoms with Gasteiger partial charge < -0.3 is 14.8 Å². The summed E-state index contributed by atoms with van der Waals surface area (Å²) in [5.74, 6) is -0.150. The van der Waals surface area contributed by atoms with Crippen molar-refractivity contribution in [2.45, 2.75) is 32.2 Å². The van der Waals surface area contributed by atoms with E-state index in [1.54, 1.807) is 0 Å². The number of rotatable bonds is 4. The lowest BCUT2D eigenvalue weighted by Gasteiger charge is -2.47. The molecule has 2 aliphatic rings. The maximum atomic E-state index is 12.2. The van der Waals surface area contributed by atoms with Gasteiger partial charge in [0.2, 0.25) is 0 Å². The molecule has 3 heterocycles. The number of nitrogens with one attached hydrogen (secondary N) is 1. The number of aromatic amines is 1. The largest absolute Gasteiger partial charge is 0.469 e. The van der Waals surface area contributed by atoms with E-state index in [1.165, 1.54) is 29.3 Å². The van der Waals surface area contributed by atoms with Crippen LogP contribution in [0.5, 0.6) is 0 Å². The van der Waals surface area contributed by atoms with Crippen molar-refractivity contribution >= 4 is 16.9 Å². The third kappa shape index (κ3) is 2.74. The molecule has 5 heteroatoms. The fourth-order valence-corrected chi connectivity index (χ4v) is 5.20. The van der Waals surface area contributed by atoms with Crippen molar-refractivity contribution < 1.29 is 14.6 Å².